The summed E-state index contributed by atoms with van der Waals surface area (Å²) in [6.45, 7) is -1.59. The standard InChI is InChI=1S/C13H11F6N3O3/c14-12(15,16)7-3-6(11-22-21-10(24)5-25-11)1-2-8(7)20-4-9(23)13(17,18)19/h1-3,9,20,23H,4-5H2,(H,21,24). The first-order valence-corrected chi connectivity index (χ1v) is 6.68. The predicted molar refractivity (Wildman–Crippen MR) is 72.6 cm³/mol. The molecule has 2 rings (SSSR count). The number of carbonyl (C=O) groups is 1. The van der Waals surface area contributed by atoms with Gasteiger partial charge in [0.2, 0.25) is 5.90 Å². The number of hydrogen-bond donors (Lipinski definition) is 3. The zero-order valence-corrected chi connectivity index (χ0v) is 12.2. The van der Waals surface area contributed by atoms with Crippen LogP contribution in [-0.4, -0.2) is 42.3 Å². The summed E-state index contributed by atoms with van der Waals surface area (Å²) in [5.74, 6) is -0.855. The van der Waals surface area contributed by atoms with E-state index in [0.717, 1.165) is 12.1 Å². The Hall–Kier alpha value is -2.50. The largest absolute Gasteiger partial charge is 0.466 e. The van der Waals surface area contributed by atoms with Gasteiger partial charge in [-0.15, -0.1) is 5.10 Å². The van der Waals surface area contributed by atoms with Gasteiger partial charge in [-0.1, -0.05) is 0 Å². The lowest BCUT2D eigenvalue weighted by Gasteiger charge is -2.20. The van der Waals surface area contributed by atoms with E-state index in [2.05, 4.69) is 5.10 Å². The minimum absolute atomic E-state index is 0.130. The Morgan fingerprint density at radius 1 is 1.28 bits per heavy atom. The summed E-state index contributed by atoms with van der Waals surface area (Å²) < 4.78 is 81.0. The topological polar surface area (TPSA) is 83.0 Å². The second-order valence-electron chi connectivity index (χ2n) is 4.94. The molecule has 0 fully saturated rings. The molecule has 0 spiro atoms. The van der Waals surface area contributed by atoms with E-state index in [1.807, 2.05) is 10.7 Å². The summed E-state index contributed by atoms with van der Waals surface area (Å²) in [7, 11) is 0. The van der Waals surface area contributed by atoms with Crippen molar-refractivity contribution in [3.8, 4) is 0 Å². The molecule has 0 bridgehead atoms. The third-order valence-corrected chi connectivity index (χ3v) is 3.06. The van der Waals surface area contributed by atoms with E-state index >= 15 is 0 Å². The first kappa shape index (κ1) is 18.8. The fourth-order valence-electron chi connectivity index (χ4n) is 1.85. The lowest BCUT2D eigenvalue weighted by Crippen LogP contribution is -2.35. The van der Waals surface area contributed by atoms with Crippen LogP contribution in [0, 0.1) is 0 Å². The smallest absolute Gasteiger partial charge is 0.418 e. The molecule has 1 heterocycles. The maximum atomic E-state index is 13.1. The number of carbonyl (C=O) groups excluding carboxylic acids is 1. The Bertz CT molecular complexity index is 687. The van der Waals surface area contributed by atoms with E-state index in [1.165, 1.54) is 0 Å². The van der Waals surface area contributed by atoms with E-state index in [1.54, 1.807) is 0 Å². The summed E-state index contributed by atoms with van der Waals surface area (Å²) >= 11 is 0. The van der Waals surface area contributed by atoms with Crippen LogP contribution in [0.1, 0.15) is 11.1 Å². The van der Waals surface area contributed by atoms with Crippen molar-refractivity contribution >= 4 is 17.5 Å². The van der Waals surface area contributed by atoms with Crippen LogP contribution in [0.4, 0.5) is 32.0 Å². The van der Waals surface area contributed by atoms with Crippen LogP contribution >= 0.6 is 0 Å². The third-order valence-electron chi connectivity index (χ3n) is 3.06. The number of alkyl halides is 6. The highest BCUT2D eigenvalue weighted by atomic mass is 19.4. The van der Waals surface area contributed by atoms with Crippen molar-refractivity contribution in [2.45, 2.75) is 18.5 Å². The molecule has 0 saturated carbocycles. The second-order valence-corrected chi connectivity index (χ2v) is 4.94. The van der Waals surface area contributed by atoms with Crippen molar-refractivity contribution in [2.24, 2.45) is 5.10 Å². The molecule has 25 heavy (non-hydrogen) atoms. The zero-order valence-electron chi connectivity index (χ0n) is 12.2. The van der Waals surface area contributed by atoms with E-state index in [0.29, 0.717) is 6.07 Å². The number of nitrogens with zero attached hydrogens (tertiary/aromatic N) is 1. The molecule has 1 amide bonds. The van der Waals surface area contributed by atoms with Crippen molar-refractivity contribution in [1.29, 1.82) is 0 Å². The molecule has 0 radical (unpaired) electrons. The van der Waals surface area contributed by atoms with Gasteiger partial charge < -0.3 is 15.2 Å². The molecule has 1 aliphatic heterocycles. The van der Waals surface area contributed by atoms with Crippen molar-refractivity contribution in [3.05, 3.63) is 29.3 Å². The van der Waals surface area contributed by atoms with Crippen molar-refractivity contribution in [1.82, 2.24) is 5.43 Å². The van der Waals surface area contributed by atoms with Crippen LogP contribution in [0.15, 0.2) is 23.3 Å². The number of hydrogen-bond acceptors (Lipinski definition) is 5. The van der Waals surface area contributed by atoms with Crippen LogP contribution < -0.4 is 10.7 Å². The van der Waals surface area contributed by atoms with Crippen LogP contribution in [0.25, 0.3) is 0 Å². The second kappa shape index (κ2) is 6.78. The molecule has 6 nitrogen and oxygen atoms in total. The predicted octanol–water partition coefficient (Wildman–Crippen LogP) is 1.85. The Labute approximate surface area is 136 Å². The average Bonchev–Trinajstić information content (AvgIpc) is 2.51. The molecule has 1 aliphatic rings. The quantitative estimate of drug-likeness (QED) is 0.706. The van der Waals surface area contributed by atoms with Crippen molar-refractivity contribution in [3.63, 3.8) is 0 Å². The van der Waals surface area contributed by atoms with Gasteiger partial charge in [-0.25, -0.2) is 5.43 Å². The van der Waals surface area contributed by atoms with E-state index < -0.39 is 48.8 Å². The number of rotatable bonds is 4. The Morgan fingerprint density at radius 2 is 1.96 bits per heavy atom. The number of benzene rings is 1. The molecule has 12 heteroatoms. The van der Waals surface area contributed by atoms with Gasteiger partial charge in [0, 0.05) is 17.8 Å². The highest BCUT2D eigenvalue weighted by molar-refractivity contribution is 5.98. The minimum Gasteiger partial charge on any atom is -0.466 e. The first-order chi connectivity index (χ1) is 11.5. The summed E-state index contributed by atoms with van der Waals surface area (Å²) in [4.78, 5) is 10.9. The highest BCUT2D eigenvalue weighted by Crippen LogP contribution is 2.36. The van der Waals surface area contributed by atoms with Gasteiger partial charge in [-0.2, -0.15) is 26.3 Å². The van der Waals surface area contributed by atoms with Crippen LogP contribution in [0.2, 0.25) is 0 Å². The maximum absolute atomic E-state index is 13.1. The molecule has 1 unspecified atom stereocenters. The number of aliphatic hydroxyl groups is 1. The van der Waals surface area contributed by atoms with E-state index in [4.69, 9.17) is 9.84 Å². The van der Waals surface area contributed by atoms with Crippen molar-refractivity contribution < 1.29 is 41.0 Å². The summed E-state index contributed by atoms with van der Waals surface area (Å²) in [6, 6.07) is 2.61. The van der Waals surface area contributed by atoms with Gasteiger partial charge in [0.15, 0.2) is 12.7 Å². The van der Waals surface area contributed by atoms with Gasteiger partial charge in [-0.05, 0) is 18.2 Å². The van der Waals surface area contributed by atoms with Gasteiger partial charge in [0.25, 0.3) is 5.91 Å². The summed E-state index contributed by atoms with van der Waals surface area (Å²) in [5.41, 5.74) is -0.0293. The SMILES string of the molecule is O=C1COC(c2ccc(NCC(O)C(F)(F)F)c(C(F)(F)F)c2)=NN1. The lowest BCUT2D eigenvalue weighted by molar-refractivity contribution is -0.198. The van der Waals surface area contributed by atoms with Gasteiger partial charge >= 0.3 is 12.4 Å². The Balaban J connectivity index is 2.27. The molecule has 0 aromatic heterocycles. The van der Waals surface area contributed by atoms with Gasteiger partial charge in [0.05, 0.1) is 5.56 Å². The maximum Gasteiger partial charge on any atom is 0.418 e. The number of hydrazone groups is 1. The molecule has 1 aromatic rings. The molecular formula is C13H11F6N3O3. The van der Waals surface area contributed by atoms with Crippen LogP contribution in [0.5, 0.6) is 0 Å². The lowest BCUT2D eigenvalue weighted by atomic mass is 10.1. The number of halogens is 6. The normalized spacial score (nSPS) is 16.6. The van der Waals surface area contributed by atoms with E-state index in [9.17, 15) is 31.1 Å². The average molecular weight is 371 g/mol. The Morgan fingerprint density at radius 3 is 2.48 bits per heavy atom. The molecule has 1 aromatic carbocycles. The summed E-state index contributed by atoms with van der Waals surface area (Å²) in [6.07, 6.45) is -12.7. The fraction of sp³-hybridized carbons (Fsp3) is 0.385. The van der Waals surface area contributed by atoms with Gasteiger partial charge in [-0.3, -0.25) is 4.79 Å². The first-order valence-electron chi connectivity index (χ1n) is 6.68. The number of amides is 1. The monoisotopic (exact) mass is 371 g/mol. The molecule has 3 N–H and O–H groups in total. The van der Waals surface area contributed by atoms with E-state index in [-0.39, 0.29) is 11.5 Å². The van der Waals surface area contributed by atoms with Crippen molar-refractivity contribution in [2.75, 3.05) is 18.5 Å². The molecular weight excluding hydrogens is 360 g/mol. The number of aliphatic hydroxyl groups excluding tert-OH is 1. The van der Waals surface area contributed by atoms with Crippen LogP contribution in [-0.2, 0) is 15.7 Å². The van der Waals surface area contributed by atoms with Gasteiger partial charge in [0.1, 0.15) is 0 Å². The molecule has 1 atom stereocenters. The third kappa shape index (κ3) is 4.75. The minimum atomic E-state index is -4.96. The number of nitrogens with one attached hydrogen (secondary N) is 2. The number of anilines is 1. The van der Waals surface area contributed by atoms with Crippen LogP contribution in [0.3, 0.4) is 0 Å². The molecule has 138 valence electrons. The number of ether oxygens (including phenoxy) is 1. The zero-order chi connectivity index (χ0) is 18.8. The summed E-state index contributed by atoms with van der Waals surface area (Å²) in [5, 5.41) is 14.3. The highest BCUT2D eigenvalue weighted by Gasteiger charge is 2.39. The fourth-order valence-corrected chi connectivity index (χ4v) is 1.85. The Kier molecular flexibility index (Phi) is 5.11. The molecule has 0 aliphatic carbocycles. The molecule has 0 saturated heterocycles.